The van der Waals surface area contributed by atoms with Crippen LogP contribution in [-0.4, -0.2) is 36.5 Å². The Kier molecular flexibility index (Phi) is 5.07. The van der Waals surface area contributed by atoms with Crippen LogP contribution in [0.3, 0.4) is 0 Å². The highest BCUT2D eigenvalue weighted by Gasteiger charge is 2.27. The van der Waals surface area contributed by atoms with E-state index in [0.29, 0.717) is 23.4 Å². The normalized spacial score (nSPS) is 19.8. The lowest BCUT2D eigenvalue weighted by atomic mass is 9.95. The van der Waals surface area contributed by atoms with Gasteiger partial charge in [-0.25, -0.2) is 0 Å². The second-order valence-corrected chi connectivity index (χ2v) is 7.60. The predicted octanol–water partition coefficient (Wildman–Crippen LogP) is 3.18. The summed E-state index contributed by atoms with van der Waals surface area (Å²) in [6.45, 7) is 2.92. The molecule has 1 amide bonds. The van der Waals surface area contributed by atoms with Crippen molar-refractivity contribution in [2.45, 2.75) is 44.6 Å². The molecule has 5 heteroatoms. The van der Waals surface area contributed by atoms with Crippen LogP contribution in [0.5, 0.6) is 0 Å². The minimum Gasteiger partial charge on any atom is -0.451 e. The Balaban J connectivity index is 1.32. The number of piperidine rings is 1. The minimum absolute atomic E-state index is 0.0945. The van der Waals surface area contributed by atoms with Crippen LogP contribution in [0.15, 0.2) is 39.5 Å². The highest BCUT2D eigenvalue weighted by atomic mass is 16.3. The quantitative estimate of drug-likeness (QED) is 0.916. The topological polar surface area (TPSA) is 62.6 Å². The van der Waals surface area contributed by atoms with Crippen molar-refractivity contribution in [3.63, 3.8) is 0 Å². The minimum atomic E-state index is -0.300. The summed E-state index contributed by atoms with van der Waals surface area (Å²) in [5, 5.41) is 3.46. The highest BCUT2D eigenvalue weighted by molar-refractivity contribution is 5.93. The van der Waals surface area contributed by atoms with E-state index in [1.54, 1.807) is 24.3 Å². The summed E-state index contributed by atoms with van der Waals surface area (Å²) in [6.07, 6.45) is 7.69. The van der Waals surface area contributed by atoms with Crippen molar-refractivity contribution in [2.24, 2.45) is 5.92 Å². The zero-order valence-corrected chi connectivity index (χ0v) is 15.1. The first-order valence-corrected chi connectivity index (χ1v) is 9.76. The van der Waals surface area contributed by atoms with Crippen LogP contribution in [0, 0.1) is 5.92 Å². The Hall–Kier alpha value is -2.14. The fourth-order valence-electron chi connectivity index (χ4n) is 4.33. The molecule has 0 spiro atoms. The van der Waals surface area contributed by atoms with Gasteiger partial charge in [-0.3, -0.25) is 9.59 Å². The number of benzene rings is 1. The number of nitrogens with one attached hydrogen (secondary N) is 1. The van der Waals surface area contributed by atoms with Crippen molar-refractivity contribution in [3.05, 3.63) is 46.3 Å². The Morgan fingerprint density at radius 1 is 1.12 bits per heavy atom. The van der Waals surface area contributed by atoms with Crippen molar-refractivity contribution < 1.29 is 9.21 Å². The second-order valence-electron chi connectivity index (χ2n) is 7.60. The molecule has 1 aromatic heterocycles. The van der Waals surface area contributed by atoms with Crippen LogP contribution in [-0.2, 0) is 0 Å². The van der Waals surface area contributed by atoms with E-state index in [-0.39, 0.29) is 17.1 Å². The van der Waals surface area contributed by atoms with Gasteiger partial charge in [0, 0.05) is 18.7 Å². The van der Waals surface area contributed by atoms with E-state index in [4.69, 9.17) is 4.42 Å². The third-order valence-electron chi connectivity index (χ3n) is 5.90. The molecule has 26 heavy (non-hydrogen) atoms. The van der Waals surface area contributed by atoms with Crippen molar-refractivity contribution in [2.75, 3.05) is 19.6 Å². The average molecular weight is 354 g/mol. The van der Waals surface area contributed by atoms with Gasteiger partial charge in [-0.2, -0.15) is 0 Å². The first kappa shape index (κ1) is 17.3. The van der Waals surface area contributed by atoms with E-state index in [2.05, 4.69) is 10.2 Å². The molecular formula is C21H26N2O3. The molecule has 1 saturated carbocycles. The zero-order valence-electron chi connectivity index (χ0n) is 15.1. The molecule has 1 aliphatic carbocycles. The summed E-state index contributed by atoms with van der Waals surface area (Å²) < 4.78 is 5.61. The average Bonchev–Trinajstić information content (AvgIpc) is 3.21. The molecular weight excluding hydrogens is 328 g/mol. The standard InChI is InChI=1S/C21H26N2O3/c24-18-13-20(26-19-8-4-3-7-17(18)19)21(25)22-14-15-9-11-23(12-10-15)16-5-1-2-6-16/h3-4,7-8,13,15-16H,1-2,5-6,9-12,14H2,(H,22,25). The maximum atomic E-state index is 12.4. The SMILES string of the molecule is O=C(NCC1CCN(C2CCCC2)CC1)c1cc(=O)c2ccccc2o1. The smallest absolute Gasteiger partial charge is 0.287 e. The molecule has 0 radical (unpaired) electrons. The molecule has 0 unspecified atom stereocenters. The Morgan fingerprint density at radius 3 is 2.62 bits per heavy atom. The molecule has 0 atom stereocenters. The molecule has 1 aliphatic heterocycles. The van der Waals surface area contributed by atoms with Gasteiger partial charge in [0.2, 0.25) is 0 Å². The lowest BCUT2D eigenvalue weighted by Gasteiger charge is -2.36. The van der Waals surface area contributed by atoms with Gasteiger partial charge in [0.05, 0.1) is 5.39 Å². The number of fused-ring (bicyclic) bond motifs is 1. The Bertz CT molecular complexity index is 831. The number of hydrogen-bond acceptors (Lipinski definition) is 4. The Morgan fingerprint density at radius 2 is 1.85 bits per heavy atom. The molecule has 2 fully saturated rings. The molecule has 2 heterocycles. The molecule has 4 rings (SSSR count). The number of hydrogen-bond donors (Lipinski definition) is 1. The summed E-state index contributed by atoms with van der Waals surface area (Å²) in [5.74, 6) is 0.298. The molecule has 1 N–H and O–H groups in total. The van der Waals surface area contributed by atoms with Gasteiger partial charge in [0.25, 0.3) is 5.91 Å². The molecule has 0 bridgehead atoms. The molecule has 1 aromatic carbocycles. The number of amides is 1. The monoisotopic (exact) mass is 354 g/mol. The van der Waals surface area contributed by atoms with Crippen LogP contribution in [0.2, 0.25) is 0 Å². The van der Waals surface area contributed by atoms with Gasteiger partial charge >= 0.3 is 0 Å². The lowest BCUT2D eigenvalue weighted by molar-refractivity contribution is 0.0898. The van der Waals surface area contributed by atoms with Gasteiger partial charge in [0.15, 0.2) is 11.2 Å². The molecule has 2 aromatic rings. The number of para-hydroxylation sites is 1. The summed E-state index contributed by atoms with van der Waals surface area (Å²) in [5.41, 5.74) is 0.275. The first-order valence-electron chi connectivity index (χ1n) is 9.76. The fourth-order valence-corrected chi connectivity index (χ4v) is 4.33. The maximum absolute atomic E-state index is 12.4. The van der Waals surface area contributed by atoms with E-state index >= 15 is 0 Å². The molecule has 1 saturated heterocycles. The summed E-state index contributed by atoms with van der Waals surface area (Å²) >= 11 is 0. The first-order chi connectivity index (χ1) is 12.7. The van der Waals surface area contributed by atoms with Crippen LogP contribution in [0.4, 0.5) is 0 Å². The Labute approximate surface area is 153 Å². The van der Waals surface area contributed by atoms with Crippen LogP contribution < -0.4 is 10.7 Å². The van der Waals surface area contributed by atoms with Gasteiger partial charge < -0.3 is 14.6 Å². The molecule has 5 nitrogen and oxygen atoms in total. The lowest BCUT2D eigenvalue weighted by Crippen LogP contribution is -2.42. The van der Waals surface area contributed by atoms with Crippen molar-refractivity contribution >= 4 is 16.9 Å². The number of rotatable bonds is 4. The van der Waals surface area contributed by atoms with Gasteiger partial charge in [-0.05, 0) is 56.8 Å². The largest absolute Gasteiger partial charge is 0.451 e. The van der Waals surface area contributed by atoms with Crippen LogP contribution in [0.25, 0.3) is 11.0 Å². The van der Waals surface area contributed by atoms with Crippen molar-refractivity contribution in [3.8, 4) is 0 Å². The van der Waals surface area contributed by atoms with Gasteiger partial charge in [-0.1, -0.05) is 25.0 Å². The van der Waals surface area contributed by atoms with E-state index in [1.807, 2.05) is 0 Å². The van der Waals surface area contributed by atoms with E-state index in [0.717, 1.165) is 32.0 Å². The van der Waals surface area contributed by atoms with Gasteiger partial charge in [-0.15, -0.1) is 0 Å². The van der Waals surface area contributed by atoms with Crippen LogP contribution in [0.1, 0.15) is 49.1 Å². The summed E-state index contributed by atoms with van der Waals surface area (Å²) in [7, 11) is 0. The number of carbonyl (C=O) groups is 1. The van der Waals surface area contributed by atoms with Gasteiger partial charge in [0.1, 0.15) is 5.58 Å². The number of carbonyl (C=O) groups excluding carboxylic acids is 1. The molecule has 2 aliphatic rings. The van der Waals surface area contributed by atoms with E-state index in [1.165, 1.54) is 31.7 Å². The number of likely N-dealkylation sites (tertiary alicyclic amines) is 1. The summed E-state index contributed by atoms with van der Waals surface area (Å²) in [6, 6.07) is 9.09. The fraction of sp³-hybridized carbons (Fsp3) is 0.524. The molecule has 138 valence electrons. The zero-order chi connectivity index (χ0) is 17.9. The summed E-state index contributed by atoms with van der Waals surface area (Å²) in [4.78, 5) is 27.2. The maximum Gasteiger partial charge on any atom is 0.287 e. The second kappa shape index (κ2) is 7.62. The van der Waals surface area contributed by atoms with E-state index < -0.39 is 0 Å². The van der Waals surface area contributed by atoms with Crippen molar-refractivity contribution in [1.29, 1.82) is 0 Å². The predicted molar refractivity (Wildman–Crippen MR) is 101 cm³/mol. The van der Waals surface area contributed by atoms with Crippen LogP contribution >= 0.6 is 0 Å². The number of nitrogens with zero attached hydrogens (tertiary/aromatic N) is 1. The van der Waals surface area contributed by atoms with E-state index in [9.17, 15) is 9.59 Å². The van der Waals surface area contributed by atoms with Crippen molar-refractivity contribution in [1.82, 2.24) is 10.2 Å². The third kappa shape index (κ3) is 3.68. The highest BCUT2D eigenvalue weighted by Crippen LogP contribution is 2.27. The third-order valence-corrected chi connectivity index (χ3v) is 5.90.